The van der Waals surface area contributed by atoms with Gasteiger partial charge in [-0.2, -0.15) is 0 Å². The van der Waals surface area contributed by atoms with Crippen LogP contribution >= 0.6 is 0 Å². The summed E-state index contributed by atoms with van der Waals surface area (Å²) in [6, 6.07) is 28.5. The van der Waals surface area contributed by atoms with E-state index in [1.165, 1.54) is 11.1 Å². The lowest BCUT2D eigenvalue weighted by molar-refractivity contribution is -0.130. The highest BCUT2D eigenvalue weighted by Crippen LogP contribution is 2.33. The van der Waals surface area contributed by atoms with Gasteiger partial charge in [0.05, 0.1) is 11.6 Å². The topological polar surface area (TPSA) is 56.8 Å². The van der Waals surface area contributed by atoms with E-state index in [0.717, 1.165) is 10.8 Å². The van der Waals surface area contributed by atoms with Gasteiger partial charge in [-0.05, 0) is 16.5 Å². The van der Waals surface area contributed by atoms with Crippen molar-refractivity contribution in [2.75, 3.05) is 33.7 Å². The molecule has 1 aliphatic rings. The molecule has 1 saturated heterocycles. The molecule has 1 fully saturated rings. The van der Waals surface area contributed by atoms with Crippen LogP contribution in [0.3, 0.4) is 0 Å². The van der Waals surface area contributed by atoms with E-state index in [1.54, 1.807) is 31.4 Å². The molecule has 6 heteroatoms. The van der Waals surface area contributed by atoms with Gasteiger partial charge in [-0.3, -0.25) is 19.5 Å². The Morgan fingerprint density at radius 2 is 1.49 bits per heavy atom. The number of carbonyl (C=O) groups excluding carboxylic acids is 2. The molecule has 0 aliphatic carbocycles. The molecule has 0 saturated carbocycles. The molecular formula is C31H32N4O2. The molecule has 0 radical (unpaired) electrons. The van der Waals surface area contributed by atoms with Crippen LogP contribution < -0.4 is 0 Å². The van der Waals surface area contributed by atoms with Gasteiger partial charge in [0.2, 0.25) is 5.91 Å². The summed E-state index contributed by atoms with van der Waals surface area (Å²) in [5.74, 6) is 0.0122. The van der Waals surface area contributed by atoms with E-state index in [-0.39, 0.29) is 23.9 Å². The Labute approximate surface area is 218 Å². The normalized spacial score (nSPS) is 16.2. The van der Waals surface area contributed by atoms with E-state index in [4.69, 9.17) is 0 Å². The fraction of sp³-hybridized carbons (Fsp3) is 0.258. The molecule has 5 rings (SSSR count). The Morgan fingerprint density at radius 3 is 2.14 bits per heavy atom. The van der Waals surface area contributed by atoms with E-state index < -0.39 is 0 Å². The van der Waals surface area contributed by atoms with Gasteiger partial charge in [-0.1, -0.05) is 84.9 Å². The molecule has 1 aromatic heterocycles. The third-order valence-electron chi connectivity index (χ3n) is 7.19. The van der Waals surface area contributed by atoms with E-state index in [0.29, 0.717) is 31.6 Å². The van der Waals surface area contributed by atoms with Crippen molar-refractivity contribution in [3.63, 3.8) is 0 Å². The van der Waals surface area contributed by atoms with Gasteiger partial charge in [0, 0.05) is 64.0 Å². The van der Waals surface area contributed by atoms with Crippen LogP contribution in [-0.2, 0) is 4.79 Å². The molecule has 37 heavy (non-hydrogen) atoms. The summed E-state index contributed by atoms with van der Waals surface area (Å²) >= 11 is 0. The zero-order valence-electron chi connectivity index (χ0n) is 21.3. The summed E-state index contributed by atoms with van der Waals surface area (Å²) in [7, 11) is 3.57. The quantitative estimate of drug-likeness (QED) is 0.394. The van der Waals surface area contributed by atoms with Crippen LogP contribution in [0.5, 0.6) is 0 Å². The van der Waals surface area contributed by atoms with Crippen LogP contribution in [0.15, 0.2) is 97.3 Å². The van der Waals surface area contributed by atoms with Crippen molar-refractivity contribution < 1.29 is 9.59 Å². The van der Waals surface area contributed by atoms with Gasteiger partial charge in [0.1, 0.15) is 0 Å². The summed E-state index contributed by atoms with van der Waals surface area (Å²) in [6.07, 6.45) is 3.78. The number of piperazine rings is 1. The molecule has 2 heterocycles. The van der Waals surface area contributed by atoms with Crippen LogP contribution in [0.4, 0.5) is 0 Å². The number of rotatable bonds is 6. The Kier molecular flexibility index (Phi) is 7.28. The smallest absolute Gasteiger partial charge is 0.256 e. The number of carbonyl (C=O) groups is 2. The molecular weight excluding hydrogens is 460 g/mol. The Bertz CT molecular complexity index is 1330. The summed E-state index contributed by atoms with van der Waals surface area (Å²) < 4.78 is 0. The van der Waals surface area contributed by atoms with E-state index in [1.807, 2.05) is 41.3 Å². The standard InChI is InChI=1S/C31H32N4O2/c1-33(2)29(36)19-26-22-34(31(37)28-21-32-20-25-15-9-10-16-27(25)28)17-18-35(26)30(23-11-5-3-6-12-23)24-13-7-4-8-14-24/h3-16,20-21,26,30H,17-19,22H2,1-2H3. The van der Waals surface area contributed by atoms with Crippen molar-refractivity contribution in [1.82, 2.24) is 19.7 Å². The SMILES string of the molecule is CN(C)C(=O)CC1CN(C(=O)c2cncc3ccccc23)CCN1C(c1ccccc1)c1ccccc1. The molecule has 0 spiro atoms. The molecule has 0 N–H and O–H groups in total. The second-order valence-corrected chi connectivity index (χ2v) is 9.77. The Morgan fingerprint density at radius 1 is 0.865 bits per heavy atom. The lowest BCUT2D eigenvalue weighted by atomic mass is 9.93. The van der Waals surface area contributed by atoms with Crippen LogP contribution in [-0.4, -0.2) is 71.3 Å². The van der Waals surface area contributed by atoms with Crippen LogP contribution in [0.25, 0.3) is 10.8 Å². The van der Waals surface area contributed by atoms with Crippen molar-refractivity contribution in [1.29, 1.82) is 0 Å². The first-order chi connectivity index (χ1) is 18.0. The predicted molar refractivity (Wildman–Crippen MR) is 146 cm³/mol. The predicted octanol–water partition coefficient (Wildman–Crippen LogP) is 4.63. The highest BCUT2D eigenvalue weighted by atomic mass is 16.2. The van der Waals surface area contributed by atoms with Gasteiger partial charge in [-0.25, -0.2) is 0 Å². The molecule has 1 atom stereocenters. The van der Waals surface area contributed by atoms with Gasteiger partial charge in [0.25, 0.3) is 5.91 Å². The number of nitrogens with zero attached hydrogens (tertiary/aromatic N) is 4. The molecule has 0 bridgehead atoms. The number of pyridine rings is 1. The fourth-order valence-corrected chi connectivity index (χ4v) is 5.26. The average molecular weight is 493 g/mol. The van der Waals surface area contributed by atoms with E-state index in [9.17, 15) is 9.59 Å². The minimum absolute atomic E-state index is 0.0150. The third-order valence-corrected chi connectivity index (χ3v) is 7.19. The number of aromatic nitrogens is 1. The molecule has 6 nitrogen and oxygen atoms in total. The summed E-state index contributed by atoms with van der Waals surface area (Å²) in [5, 5.41) is 1.84. The van der Waals surface area contributed by atoms with Crippen molar-refractivity contribution in [2.45, 2.75) is 18.5 Å². The van der Waals surface area contributed by atoms with Crippen LogP contribution in [0.2, 0.25) is 0 Å². The Hall–Kier alpha value is -4.03. The Balaban J connectivity index is 1.49. The largest absolute Gasteiger partial charge is 0.349 e. The second kappa shape index (κ2) is 10.9. The number of fused-ring (bicyclic) bond motifs is 1. The lowest BCUT2D eigenvalue weighted by Gasteiger charge is -2.45. The van der Waals surface area contributed by atoms with Gasteiger partial charge in [-0.15, -0.1) is 0 Å². The summed E-state index contributed by atoms with van der Waals surface area (Å²) in [5.41, 5.74) is 2.95. The van der Waals surface area contributed by atoms with Crippen LogP contribution in [0, 0.1) is 0 Å². The first kappa shape index (κ1) is 24.7. The lowest BCUT2D eigenvalue weighted by Crippen LogP contribution is -2.56. The zero-order chi connectivity index (χ0) is 25.8. The maximum atomic E-state index is 13.8. The molecule has 1 unspecified atom stereocenters. The fourth-order valence-electron chi connectivity index (χ4n) is 5.26. The summed E-state index contributed by atoms with van der Waals surface area (Å²) in [6.45, 7) is 1.70. The maximum Gasteiger partial charge on any atom is 0.256 e. The number of hydrogen-bond donors (Lipinski definition) is 0. The first-order valence-electron chi connectivity index (χ1n) is 12.7. The minimum atomic E-state index is -0.138. The van der Waals surface area contributed by atoms with Crippen molar-refractivity contribution in [3.05, 3.63) is 114 Å². The second-order valence-electron chi connectivity index (χ2n) is 9.77. The number of amides is 2. The van der Waals surface area contributed by atoms with Crippen molar-refractivity contribution in [2.24, 2.45) is 0 Å². The molecule has 3 aromatic carbocycles. The first-order valence-corrected chi connectivity index (χ1v) is 12.7. The highest BCUT2D eigenvalue weighted by Gasteiger charge is 2.37. The average Bonchev–Trinajstić information content (AvgIpc) is 2.94. The van der Waals surface area contributed by atoms with Gasteiger partial charge in [0.15, 0.2) is 0 Å². The number of benzene rings is 3. The van der Waals surface area contributed by atoms with Gasteiger partial charge >= 0.3 is 0 Å². The van der Waals surface area contributed by atoms with E-state index >= 15 is 0 Å². The van der Waals surface area contributed by atoms with Crippen LogP contribution in [0.1, 0.15) is 33.9 Å². The molecule has 188 valence electrons. The minimum Gasteiger partial charge on any atom is -0.349 e. The van der Waals surface area contributed by atoms with Crippen molar-refractivity contribution in [3.8, 4) is 0 Å². The highest BCUT2D eigenvalue weighted by molar-refractivity contribution is 6.06. The molecule has 1 aliphatic heterocycles. The van der Waals surface area contributed by atoms with Gasteiger partial charge < -0.3 is 9.80 Å². The van der Waals surface area contributed by atoms with E-state index in [2.05, 4.69) is 58.4 Å². The van der Waals surface area contributed by atoms with Crippen molar-refractivity contribution >= 4 is 22.6 Å². The molecule has 4 aromatic rings. The monoisotopic (exact) mass is 492 g/mol. The third kappa shape index (κ3) is 5.25. The molecule has 2 amide bonds. The number of hydrogen-bond acceptors (Lipinski definition) is 4. The maximum absolute atomic E-state index is 13.8. The zero-order valence-corrected chi connectivity index (χ0v) is 21.3. The summed E-state index contributed by atoms with van der Waals surface area (Å²) in [4.78, 5) is 37.0.